The first-order valence-corrected chi connectivity index (χ1v) is 5.84. The molecule has 0 amide bonds. The van der Waals surface area contributed by atoms with E-state index in [4.69, 9.17) is 4.42 Å². The summed E-state index contributed by atoms with van der Waals surface area (Å²) >= 11 is 0. The number of rotatable bonds is 6. The van der Waals surface area contributed by atoms with Crippen molar-refractivity contribution in [2.24, 2.45) is 0 Å². The lowest BCUT2D eigenvalue weighted by Crippen LogP contribution is -2.17. The molecule has 0 aromatic carbocycles. The summed E-state index contributed by atoms with van der Waals surface area (Å²) < 4.78 is 7.35. The zero-order chi connectivity index (χ0) is 12.1. The van der Waals surface area contributed by atoms with Crippen LogP contribution in [0.25, 0.3) is 0 Å². The van der Waals surface area contributed by atoms with Crippen LogP contribution in [-0.4, -0.2) is 19.7 Å². The van der Waals surface area contributed by atoms with Gasteiger partial charge < -0.3 is 9.73 Å². The van der Waals surface area contributed by atoms with E-state index in [0.29, 0.717) is 19.0 Å². The average Bonchev–Trinajstić information content (AvgIpc) is 2.97. The number of oxazole rings is 1. The molecule has 2 aromatic rings. The molecule has 0 fully saturated rings. The number of aryl methyl sites for hydroxylation is 2. The van der Waals surface area contributed by atoms with Crippen molar-refractivity contribution in [1.82, 2.24) is 25.1 Å². The molecule has 0 unspecified atom stereocenters. The molecule has 6 heteroatoms. The van der Waals surface area contributed by atoms with Crippen LogP contribution in [0.2, 0.25) is 0 Å². The second kappa shape index (κ2) is 5.58. The first-order valence-electron chi connectivity index (χ1n) is 5.84. The van der Waals surface area contributed by atoms with Crippen LogP contribution in [0.15, 0.2) is 16.9 Å². The van der Waals surface area contributed by atoms with Crippen LogP contribution in [0.3, 0.4) is 0 Å². The number of nitrogens with one attached hydrogen (secondary N) is 1. The molecule has 0 saturated heterocycles. The Morgan fingerprint density at radius 3 is 2.88 bits per heavy atom. The van der Waals surface area contributed by atoms with Crippen molar-refractivity contribution < 1.29 is 4.42 Å². The number of hydrogen-bond acceptors (Lipinski definition) is 5. The third kappa shape index (κ3) is 2.91. The summed E-state index contributed by atoms with van der Waals surface area (Å²) in [6.45, 7) is 6.19. The van der Waals surface area contributed by atoms with Crippen molar-refractivity contribution in [2.45, 2.75) is 39.9 Å². The monoisotopic (exact) mass is 235 g/mol. The predicted molar refractivity (Wildman–Crippen MR) is 62.1 cm³/mol. The highest BCUT2D eigenvalue weighted by molar-refractivity contribution is 4.93. The molecule has 6 nitrogen and oxygen atoms in total. The SMILES string of the molecule is CCc1cnc(CNCc2ncnn2CC)o1. The van der Waals surface area contributed by atoms with Gasteiger partial charge in [0.1, 0.15) is 17.9 Å². The highest BCUT2D eigenvalue weighted by Crippen LogP contribution is 2.04. The van der Waals surface area contributed by atoms with Gasteiger partial charge in [0.2, 0.25) is 5.89 Å². The van der Waals surface area contributed by atoms with Crippen molar-refractivity contribution in [3.63, 3.8) is 0 Å². The Morgan fingerprint density at radius 1 is 1.29 bits per heavy atom. The molecule has 2 rings (SSSR count). The molecule has 0 aliphatic carbocycles. The van der Waals surface area contributed by atoms with E-state index >= 15 is 0 Å². The maximum absolute atomic E-state index is 5.49. The maximum atomic E-state index is 5.49. The summed E-state index contributed by atoms with van der Waals surface area (Å²) in [7, 11) is 0. The minimum absolute atomic E-state index is 0.608. The summed E-state index contributed by atoms with van der Waals surface area (Å²) in [5.74, 6) is 2.55. The van der Waals surface area contributed by atoms with Crippen LogP contribution in [0, 0.1) is 0 Å². The molecule has 2 heterocycles. The highest BCUT2D eigenvalue weighted by atomic mass is 16.4. The van der Waals surface area contributed by atoms with E-state index in [1.165, 1.54) is 0 Å². The van der Waals surface area contributed by atoms with E-state index in [0.717, 1.165) is 24.6 Å². The smallest absolute Gasteiger partial charge is 0.208 e. The van der Waals surface area contributed by atoms with Gasteiger partial charge in [0.25, 0.3) is 0 Å². The van der Waals surface area contributed by atoms with Gasteiger partial charge in [-0.3, -0.25) is 0 Å². The van der Waals surface area contributed by atoms with Gasteiger partial charge in [-0.05, 0) is 6.92 Å². The van der Waals surface area contributed by atoms with Gasteiger partial charge in [0.05, 0.1) is 19.3 Å². The van der Waals surface area contributed by atoms with Crippen molar-refractivity contribution in [2.75, 3.05) is 0 Å². The molecule has 0 radical (unpaired) electrons. The predicted octanol–water partition coefficient (Wildman–Crippen LogP) is 1.14. The third-order valence-electron chi connectivity index (χ3n) is 2.50. The van der Waals surface area contributed by atoms with Crippen LogP contribution in [-0.2, 0) is 26.1 Å². The van der Waals surface area contributed by atoms with Gasteiger partial charge in [-0.2, -0.15) is 5.10 Å². The van der Waals surface area contributed by atoms with E-state index in [1.807, 2.05) is 18.5 Å². The molecule has 0 aliphatic rings. The lowest BCUT2D eigenvalue weighted by molar-refractivity contribution is 0.434. The van der Waals surface area contributed by atoms with Crippen molar-refractivity contribution in [3.8, 4) is 0 Å². The molecule has 0 saturated carbocycles. The molecule has 0 bridgehead atoms. The van der Waals surface area contributed by atoms with Gasteiger partial charge in [-0.25, -0.2) is 14.6 Å². The second-order valence-electron chi connectivity index (χ2n) is 3.67. The zero-order valence-electron chi connectivity index (χ0n) is 10.2. The maximum Gasteiger partial charge on any atom is 0.208 e. The first kappa shape index (κ1) is 11.8. The Morgan fingerprint density at radius 2 is 2.18 bits per heavy atom. The average molecular weight is 235 g/mol. The van der Waals surface area contributed by atoms with Crippen LogP contribution in [0.4, 0.5) is 0 Å². The summed E-state index contributed by atoms with van der Waals surface area (Å²) in [5.41, 5.74) is 0. The molecule has 92 valence electrons. The minimum Gasteiger partial charge on any atom is -0.444 e. The van der Waals surface area contributed by atoms with E-state index in [-0.39, 0.29) is 0 Å². The van der Waals surface area contributed by atoms with Gasteiger partial charge in [-0.1, -0.05) is 6.92 Å². The van der Waals surface area contributed by atoms with Gasteiger partial charge >= 0.3 is 0 Å². The third-order valence-corrected chi connectivity index (χ3v) is 2.50. The van der Waals surface area contributed by atoms with E-state index in [2.05, 4.69) is 20.4 Å². The Kier molecular flexibility index (Phi) is 3.87. The topological polar surface area (TPSA) is 68.8 Å². The standard InChI is InChI=1S/C11H17N5O/c1-3-9-5-13-11(17-9)7-12-6-10-14-8-15-16(10)4-2/h5,8,12H,3-4,6-7H2,1-2H3. The molecule has 1 N–H and O–H groups in total. The number of aromatic nitrogens is 4. The van der Waals surface area contributed by atoms with Crippen LogP contribution >= 0.6 is 0 Å². The first-order chi connectivity index (χ1) is 8.33. The second-order valence-corrected chi connectivity index (χ2v) is 3.67. The Hall–Kier alpha value is -1.69. The lowest BCUT2D eigenvalue weighted by atomic mass is 10.4. The molecule has 17 heavy (non-hydrogen) atoms. The fourth-order valence-corrected chi connectivity index (χ4v) is 1.56. The number of hydrogen-bond donors (Lipinski definition) is 1. The number of nitrogens with zero attached hydrogens (tertiary/aromatic N) is 4. The molecular formula is C11H17N5O. The summed E-state index contributed by atoms with van der Waals surface area (Å²) in [4.78, 5) is 8.35. The van der Waals surface area contributed by atoms with E-state index in [1.54, 1.807) is 12.5 Å². The largest absolute Gasteiger partial charge is 0.444 e. The van der Waals surface area contributed by atoms with Crippen molar-refractivity contribution in [3.05, 3.63) is 30.0 Å². The quantitative estimate of drug-likeness (QED) is 0.813. The lowest BCUT2D eigenvalue weighted by Gasteiger charge is -2.03. The minimum atomic E-state index is 0.608. The fraction of sp³-hybridized carbons (Fsp3) is 0.545. The Labute approximate surface area is 100 Å². The van der Waals surface area contributed by atoms with Gasteiger partial charge in [0, 0.05) is 13.0 Å². The molecule has 0 aliphatic heterocycles. The van der Waals surface area contributed by atoms with Gasteiger partial charge in [-0.15, -0.1) is 0 Å². The fourth-order valence-electron chi connectivity index (χ4n) is 1.56. The summed E-state index contributed by atoms with van der Waals surface area (Å²) in [6, 6.07) is 0. The van der Waals surface area contributed by atoms with Crippen molar-refractivity contribution in [1.29, 1.82) is 0 Å². The summed E-state index contributed by atoms with van der Waals surface area (Å²) in [6.07, 6.45) is 4.21. The molecule has 0 spiro atoms. The van der Waals surface area contributed by atoms with E-state index < -0.39 is 0 Å². The van der Waals surface area contributed by atoms with Crippen LogP contribution in [0.5, 0.6) is 0 Å². The van der Waals surface area contributed by atoms with E-state index in [9.17, 15) is 0 Å². The summed E-state index contributed by atoms with van der Waals surface area (Å²) in [5, 5.41) is 7.34. The normalized spacial score (nSPS) is 10.9. The molecule has 2 aromatic heterocycles. The van der Waals surface area contributed by atoms with Crippen LogP contribution < -0.4 is 5.32 Å². The Balaban J connectivity index is 1.83. The molecular weight excluding hydrogens is 218 g/mol. The van der Waals surface area contributed by atoms with Gasteiger partial charge in [0.15, 0.2) is 0 Å². The Bertz CT molecular complexity index is 462. The van der Waals surface area contributed by atoms with Crippen molar-refractivity contribution >= 4 is 0 Å². The molecule has 0 atom stereocenters. The zero-order valence-corrected chi connectivity index (χ0v) is 10.2. The van der Waals surface area contributed by atoms with Crippen LogP contribution in [0.1, 0.15) is 31.3 Å². The highest BCUT2D eigenvalue weighted by Gasteiger charge is 2.04.